The van der Waals surface area contributed by atoms with Crippen molar-refractivity contribution in [3.63, 3.8) is 0 Å². The first-order valence-electron chi connectivity index (χ1n) is 4.06. The molecule has 0 bridgehead atoms. The second-order valence-electron chi connectivity index (χ2n) is 3.00. The molecule has 0 spiro atoms. The zero-order valence-corrected chi connectivity index (χ0v) is 7.51. The van der Waals surface area contributed by atoms with E-state index < -0.39 is 12.1 Å². The highest BCUT2D eigenvalue weighted by Gasteiger charge is 2.38. The third-order valence-corrected chi connectivity index (χ3v) is 1.90. The topological polar surface area (TPSA) is 0 Å². The molecule has 1 unspecified atom stereocenters. The van der Waals surface area contributed by atoms with E-state index >= 15 is 0 Å². The summed E-state index contributed by atoms with van der Waals surface area (Å²) in [7, 11) is 0. The van der Waals surface area contributed by atoms with Crippen LogP contribution in [-0.2, 0) is 0 Å². The van der Waals surface area contributed by atoms with Gasteiger partial charge in [0.25, 0.3) is 0 Å². The van der Waals surface area contributed by atoms with Crippen LogP contribution in [0.2, 0.25) is 0 Å². The van der Waals surface area contributed by atoms with Crippen LogP contribution in [0.1, 0.15) is 17.0 Å². The van der Waals surface area contributed by atoms with Gasteiger partial charge in [-0.05, 0) is 18.1 Å². The van der Waals surface area contributed by atoms with Crippen LogP contribution >= 0.6 is 0 Å². The number of hydrogen-bond donors (Lipinski definition) is 0. The zero-order valence-electron chi connectivity index (χ0n) is 7.51. The molecule has 0 aliphatic carbocycles. The van der Waals surface area contributed by atoms with E-state index in [0.29, 0.717) is 5.56 Å². The molecule has 14 heavy (non-hydrogen) atoms. The Balaban J connectivity index is 3.07. The van der Waals surface area contributed by atoms with Crippen LogP contribution in [0.5, 0.6) is 0 Å². The summed E-state index contributed by atoms with van der Waals surface area (Å²) in [6.45, 7) is 6.77. The van der Waals surface area contributed by atoms with Gasteiger partial charge in [0.2, 0.25) is 0 Å². The predicted octanol–water partition coefficient (Wildman–Crippen LogP) is 3.70. The van der Waals surface area contributed by atoms with E-state index in [1.165, 1.54) is 12.1 Å². The van der Waals surface area contributed by atoms with Gasteiger partial charge in [0.1, 0.15) is 0 Å². The second-order valence-corrected chi connectivity index (χ2v) is 3.00. The molecule has 1 aromatic rings. The molecule has 0 saturated heterocycles. The molecular formula is C11H10F3. The Hall–Kier alpha value is -1.25. The molecule has 0 N–H and O–H groups in total. The normalized spacial score (nSPS) is 13.7. The fraction of sp³-hybridized carbons (Fsp3) is 0.182. The van der Waals surface area contributed by atoms with E-state index in [9.17, 15) is 13.2 Å². The van der Waals surface area contributed by atoms with Gasteiger partial charge in [0.05, 0.1) is 5.92 Å². The second kappa shape index (κ2) is 3.86. The van der Waals surface area contributed by atoms with Crippen LogP contribution in [0.15, 0.2) is 36.9 Å². The summed E-state index contributed by atoms with van der Waals surface area (Å²) < 4.78 is 37.3. The Bertz CT molecular complexity index is 326. The number of benzene rings is 1. The minimum atomic E-state index is -4.28. The molecule has 1 rings (SSSR count). The summed E-state index contributed by atoms with van der Waals surface area (Å²) in [6.07, 6.45) is -3.38. The first-order chi connectivity index (χ1) is 6.45. The molecule has 0 amide bonds. The van der Waals surface area contributed by atoms with Crippen molar-refractivity contribution in [3.05, 3.63) is 55.0 Å². The SMILES string of the molecule is [CH2]c1cccc(C(C=C)C(F)(F)F)c1. The van der Waals surface area contributed by atoms with Gasteiger partial charge in [-0.3, -0.25) is 0 Å². The summed E-state index contributed by atoms with van der Waals surface area (Å²) >= 11 is 0. The number of rotatable bonds is 2. The maximum absolute atomic E-state index is 12.4. The van der Waals surface area contributed by atoms with Gasteiger partial charge in [-0.1, -0.05) is 30.3 Å². The lowest BCUT2D eigenvalue weighted by atomic mass is 9.97. The Labute approximate surface area is 81.1 Å². The van der Waals surface area contributed by atoms with E-state index in [0.717, 1.165) is 6.08 Å². The van der Waals surface area contributed by atoms with Crippen molar-refractivity contribution in [2.75, 3.05) is 0 Å². The third kappa shape index (κ3) is 2.37. The van der Waals surface area contributed by atoms with Crippen molar-refractivity contribution in [2.24, 2.45) is 0 Å². The lowest BCUT2D eigenvalue weighted by Crippen LogP contribution is -2.18. The first-order valence-corrected chi connectivity index (χ1v) is 4.06. The highest BCUT2D eigenvalue weighted by Crippen LogP contribution is 2.35. The maximum Gasteiger partial charge on any atom is 0.399 e. The van der Waals surface area contributed by atoms with Gasteiger partial charge in [-0.25, -0.2) is 0 Å². The molecule has 1 atom stereocenters. The zero-order chi connectivity index (χ0) is 10.8. The van der Waals surface area contributed by atoms with Crippen molar-refractivity contribution >= 4 is 0 Å². The summed E-state index contributed by atoms with van der Waals surface area (Å²) in [4.78, 5) is 0. The average Bonchev–Trinajstić information content (AvgIpc) is 2.02. The minimum absolute atomic E-state index is 0.181. The number of allylic oxidation sites excluding steroid dienone is 1. The van der Waals surface area contributed by atoms with E-state index in [2.05, 4.69) is 13.5 Å². The highest BCUT2D eigenvalue weighted by molar-refractivity contribution is 5.31. The summed E-state index contributed by atoms with van der Waals surface area (Å²) in [5, 5.41) is 0. The fourth-order valence-electron chi connectivity index (χ4n) is 1.25. The molecule has 3 heteroatoms. The van der Waals surface area contributed by atoms with Crippen molar-refractivity contribution in [1.29, 1.82) is 0 Å². The lowest BCUT2D eigenvalue weighted by molar-refractivity contribution is -0.139. The van der Waals surface area contributed by atoms with E-state index in [-0.39, 0.29) is 5.56 Å². The van der Waals surface area contributed by atoms with Gasteiger partial charge in [-0.2, -0.15) is 13.2 Å². The molecule has 75 valence electrons. The van der Waals surface area contributed by atoms with E-state index in [1.807, 2.05) is 0 Å². The largest absolute Gasteiger partial charge is 0.399 e. The van der Waals surface area contributed by atoms with E-state index in [1.54, 1.807) is 12.1 Å². The van der Waals surface area contributed by atoms with Crippen molar-refractivity contribution < 1.29 is 13.2 Å². The molecule has 0 aromatic heterocycles. The van der Waals surface area contributed by atoms with Crippen LogP contribution in [0.25, 0.3) is 0 Å². The maximum atomic E-state index is 12.4. The Kier molecular flexibility index (Phi) is 2.99. The molecule has 0 heterocycles. The van der Waals surface area contributed by atoms with E-state index in [4.69, 9.17) is 0 Å². The van der Waals surface area contributed by atoms with Crippen LogP contribution in [0, 0.1) is 6.92 Å². The molecule has 0 nitrogen and oxygen atoms in total. The number of hydrogen-bond acceptors (Lipinski definition) is 0. The molecular weight excluding hydrogens is 189 g/mol. The Morgan fingerprint density at radius 3 is 2.36 bits per heavy atom. The van der Waals surface area contributed by atoms with Gasteiger partial charge < -0.3 is 0 Å². The molecule has 1 radical (unpaired) electrons. The van der Waals surface area contributed by atoms with Crippen molar-refractivity contribution in [1.82, 2.24) is 0 Å². The smallest absolute Gasteiger partial charge is 0.170 e. The molecule has 0 aliphatic rings. The standard InChI is InChI=1S/C11H10F3/c1-3-10(11(12,13)14)9-6-4-5-8(2)7-9/h3-7,10H,1-2H2. The summed E-state index contributed by atoms with van der Waals surface area (Å²) in [5.74, 6) is -1.61. The Morgan fingerprint density at radius 2 is 1.93 bits per heavy atom. The average molecular weight is 199 g/mol. The van der Waals surface area contributed by atoms with Crippen molar-refractivity contribution in [3.8, 4) is 0 Å². The molecule has 0 fully saturated rings. The molecule has 0 saturated carbocycles. The monoisotopic (exact) mass is 199 g/mol. The first kappa shape index (κ1) is 10.8. The van der Waals surface area contributed by atoms with Gasteiger partial charge in [0.15, 0.2) is 0 Å². The number of halogens is 3. The third-order valence-electron chi connectivity index (χ3n) is 1.90. The quantitative estimate of drug-likeness (QED) is 0.637. The van der Waals surface area contributed by atoms with Crippen LogP contribution in [0.4, 0.5) is 13.2 Å². The summed E-state index contributed by atoms with van der Waals surface area (Å²) in [6, 6.07) is 6.05. The molecule has 1 aromatic carbocycles. The fourth-order valence-corrected chi connectivity index (χ4v) is 1.25. The van der Waals surface area contributed by atoms with Gasteiger partial charge >= 0.3 is 6.18 Å². The molecule has 0 aliphatic heterocycles. The van der Waals surface area contributed by atoms with Gasteiger partial charge in [-0.15, -0.1) is 6.58 Å². The summed E-state index contributed by atoms with van der Waals surface area (Å²) in [5.41, 5.74) is 0.749. The lowest BCUT2D eigenvalue weighted by Gasteiger charge is -2.16. The van der Waals surface area contributed by atoms with Crippen LogP contribution < -0.4 is 0 Å². The predicted molar refractivity (Wildman–Crippen MR) is 49.9 cm³/mol. The van der Waals surface area contributed by atoms with Gasteiger partial charge in [0, 0.05) is 0 Å². The highest BCUT2D eigenvalue weighted by atomic mass is 19.4. The number of alkyl halides is 3. The Morgan fingerprint density at radius 1 is 1.29 bits per heavy atom. The van der Waals surface area contributed by atoms with Crippen molar-refractivity contribution in [2.45, 2.75) is 12.1 Å². The van der Waals surface area contributed by atoms with Crippen LogP contribution in [-0.4, -0.2) is 6.18 Å². The van der Waals surface area contributed by atoms with Crippen LogP contribution in [0.3, 0.4) is 0 Å². The minimum Gasteiger partial charge on any atom is -0.170 e.